The Morgan fingerprint density at radius 1 is 1.38 bits per heavy atom. The van der Waals surface area contributed by atoms with Gasteiger partial charge in [0.2, 0.25) is 0 Å². The standard InChI is InChI=1S/C16H27N5OS.HI/c1-17-15(19-11-14-5-4-10-22-14)18-7-6-13-12-23-16(20-13)21-8-2-3-9-21;/h12,14H,2-11H2,1H3,(H2,17,18,19);1H. The molecule has 1 atom stereocenters. The van der Waals surface area contributed by atoms with Gasteiger partial charge >= 0.3 is 0 Å². The van der Waals surface area contributed by atoms with Crippen molar-refractivity contribution in [3.8, 4) is 0 Å². The van der Waals surface area contributed by atoms with Crippen LogP contribution in [0.5, 0.6) is 0 Å². The summed E-state index contributed by atoms with van der Waals surface area (Å²) in [6, 6.07) is 0. The third kappa shape index (κ3) is 5.73. The first-order valence-electron chi connectivity index (χ1n) is 8.60. The van der Waals surface area contributed by atoms with Crippen molar-refractivity contribution in [1.82, 2.24) is 15.6 Å². The molecule has 2 aliphatic rings. The molecule has 2 fully saturated rings. The molecule has 0 saturated carbocycles. The van der Waals surface area contributed by atoms with E-state index < -0.39 is 0 Å². The quantitative estimate of drug-likeness (QED) is 0.384. The van der Waals surface area contributed by atoms with E-state index in [0.717, 1.165) is 51.6 Å². The van der Waals surface area contributed by atoms with Crippen LogP contribution in [0, 0.1) is 0 Å². The van der Waals surface area contributed by atoms with Gasteiger partial charge < -0.3 is 20.3 Å². The highest BCUT2D eigenvalue weighted by molar-refractivity contribution is 14.0. The third-order valence-corrected chi connectivity index (χ3v) is 5.28. The Morgan fingerprint density at radius 2 is 2.21 bits per heavy atom. The second kappa shape index (κ2) is 10.4. The molecule has 24 heavy (non-hydrogen) atoms. The predicted molar refractivity (Wildman–Crippen MR) is 111 cm³/mol. The van der Waals surface area contributed by atoms with Gasteiger partial charge in [-0.05, 0) is 25.7 Å². The van der Waals surface area contributed by atoms with Gasteiger partial charge in [0.05, 0.1) is 11.8 Å². The minimum atomic E-state index is 0. The molecular weight excluding hydrogens is 437 g/mol. The summed E-state index contributed by atoms with van der Waals surface area (Å²) in [5.74, 6) is 0.843. The minimum absolute atomic E-state index is 0. The van der Waals surface area contributed by atoms with Gasteiger partial charge in [0, 0.05) is 51.6 Å². The number of halogens is 1. The van der Waals surface area contributed by atoms with E-state index in [9.17, 15) is 0 Å². The Kier molecular flexibility index (Phi) is 8.54. The molecule has 1 aromatic rings. The summed E-state index contributed by atoms with van der Waals surface area (Å²) in [5.41, 5.74) is 1.17. The Morgan fingerprint density at radius 3 is 2.92 bits per heavy atom. The maximum Gasteiger partial charge on any atom is 0.191 e. The van der Waals surface area contributed by atoms with Crippen molar-refractivity contribution >= 4 is 46.4 Å². The summed E-state index contributed by atoms with van der Waals surface area (Å²) in [4.78, 5) is 11.4. The van der Waals surface area contributed by atoms with Crippen LogP contribution in [-0.2, 0) is 11.2 Å². The number of guanidine groups is 1. The smallest absolute Gasteiger partial charge is 0.191 e. The van der Waals surface area contributed by atoms with Gasteiger partial charge in [0.1, 0.15) is 0 Å². The molecule has 1 unspecified atom stereocenters. The Balaban J connectivity index is 0.00000208. The SMILES string of the molecule is CN=C(NCCc1csc(N2CCCC2)n1)NCC1CCCO1.I. The number of thiazole rings is 1. The van der Waals surface area contributed by atoms with Gasteiger partial charge in [0.25, 0.3) is 0 Å². The first-order chi connectivity index (χ1) is 11.3. The van der Waals surface area contributed by atoms with Crippen LogP contribution in [0.2, 0.25) is 0 Å². The van der Waals surface area contributed by atoms with Crippen LogP contribution in [0.3, 0.4) is 0 Å². The van der Waals surface area contributed by atoms with E-state index in [1.807, 2.05) is 0 Å². The molecule has 0 amide bonds. The molecule has 3 heterocycles. The molecule has 136 valence electrons. The van der Waals surface area contributed by atoms with E-state index in [4.69, 9.17) is 9.72 Å². The summed E-state index contributed by atoms with van der Waals surface area (Å²) >= 11 is 1.76. The fourth-order valence-electron chi connectivity index (χ4n) is 3.01. The highest BCUT2D eigenvalue weighted by Crippen LogP contribution is 2.24. The summed E-state index contributed by atoms with van der Waals surface area (Å²) in [6.07, 6.45) is 6.15. The van der Waals surface area contributed by atoms with Gasteiger partial charge in [-0.1, -0.05) is 0 Å². The molecule has 0 bridgehead atoms. The zero-order valence-electron chi connectivity index (χ0n) is 14.3. The van der Waals surface area contributed by atoms with Gasteiger partial charge in [-0.2, -0.15) is 0 Å². The average Bonchev–Trinajstić information content (AvgIpc) is 3.32. The Bertz CT molecular complexity index is 512. The maximum atomic E-state index is 5.61. The monoisotopic (exact) mass is 465 g/mol. The lowest BCUT2D eigenvalue weighted by Crippen LogP contribution is -2.41. The van der Waals surface area contributed by atoms with Crippen LogP contribution in [0.15, 0.2) is 10.4 Å². The van der Waals surface area contributed by atoms with Crippen LogP contribution in [0.25, 0.3) is 0 Å². The van der Waals surface area contributed by atoms with Crippen LogP contribution < -0.4 is 15.5 Å². The maximum absolute atomic E-state index is 5.61. The van der Waals surface area contributed by atoms with Crippen LogP contribution >= 0.6 is 35.3 Å². The van der Waals surface area contributed by atoms with Crippen molar-refractivity contribution in [3.05, 3.63) is 11.1 Å². The van der Waals surface area contributed by atoms with E-state index >= 15 is 0 Å². The number of nitrogens with one attached hydrogen (secondary N) is 2. The highest BCUT2D eigenvalue weighted by Gasteiger charge is 2.16. The molecule has 8 heteroatoms. The van der Waals surface area contributed by atoms with Crippen molar-refractivity contribution in [2.75, 3.05) is 44.7 Å². The molecule has 1 aromatic heterocycles. The van der Waals surface area contributed by atoms with Crippen molar-refractivity contribution in [2.24, 2.45) is 4.99 Å². The van der Waals surface area contributed by atoms with Gasteiger partial charge in [0.15, 0.2) is 11.1 Å². The molecule has 0 spiro atoms. The normalized spacial score (nSPS) is 21.0. The minimum Gasteiger partial charge on any atom is -0.376 e. The summed E-state index contributed by atoms with van der Waals surface area (Å²) in [5, 5.41) is 10.0. The molecular formula is C16H28IN5OS. The van der Waals surface area contributed by atoms with E-state index in [1.165, 1.54) is 30.1 Å². The van der Waals surface area contributed by atoms with E-state index in [2.05, 4.69) is 25.9 Å². The number of anilines is 1. The highest BCUT2D eigenvalue weighted by atomic mass is 127. The van der Waals surface area contributed by atoms with E-state index in [-0.39, 0.29) is 24.0 Å². The largest absolute Gasteiger partial charge is 0.376 e. The number of nitrogens with zero attached hydrogens (tertiary/aromatic N) is 3. The molecule has 2 saturated heterocycles. The fourth-order valence-corrected chi connectivity index (χ4v) is 3.92. The molecule has 2 aliphatic heterocycles. The topological polar surface area (TPSA) is 61.8 Å². The Labute approximate surface area is 165 Å². The summed E-state index contributed by atoms with van der Waals surface area (Å²) < 4.78 is 5.61. The molecule has 6 nitrogen and oxygen atoms in total. The second-order valence-electron chi connectivity index (χ2n) is 6.08. The number of aromatic nitrogens is 1. The number of ether oxygens (including phenoxy) is 1. The van der Waals surface area contributed by atoms with E-state index in [0.29, 0.717) is 6.10 Å². The molecule has 0 aromatic carbocycles. The summed E-state index contributed by atoms with van der Waals surface area (Å²) in [7, 11) is 1.80. The first kappa shape index (κ1) is 19.7. The number of rotatable bonds is 6. The van der Waals surface area contributed by atoms with E-state index in [1.54, 1.807) is 18.4 Å². The lowest BCUT2D eigenvalue weighted by atomic mass is 10.2. The van der Waals surface area contributed by atoms with Crippen LogP contribution in [0.1, 0.15) is 31.4 Å². The van der Waals surface area contributed by atoms with Crippen molar-refractivity contribution in [2.45, 2.75) is 38.2 Å². The third-order valence-electron chi connectivity index (χ3n) is 4.33. The van der Waals surface area contributed by atoms with Crippen LogP contribution in [-0.4, -0.2) is 56.9 Å². The molecule has 3 rings (SSSR count). The number of hydrogen-bond donors (Lipinski definition) is 2. The molecule has 0 radical (unpaired) electrons. The van der Waals surface area contributed by atoms with Crippen molar-refractivity contribution in [1.29, 1.82) is 0 Å². The molecule has 0 aliphatic carbocycles. The van der Waals surface area contributed by atoms with Gasteiger partial charge in [-0.25, -0.2) is 4.98 Å². The van der Waals surface area contributed by atoms with Gasteiger partial charge in [-0.3, -0.25) is 4.99 Å². The number of hydrogen-bond acceptors (Lipinski definition) is 5. The lowest BCUT2D eigenvalue weighted by molar-refractivity contribution is 0.114. The van der Waals surface area contributed by atoms with Crippen LogP contribution in [0.4, 0.5) is 5.13 Å². The molecule has 2 N–H and O–H groups in total. The van der Waals surface area contributed by atoms with Crippen molar-refractivity contribution < 1.29 is 4.74 Å². The zero-order valence-corrected chi connectivity index (χ0v) is 17.4. The van der Waals surface area contributed by atoms with Gasteiger partial charge in [-0.15, -0.1) is 35.3 Å². The second-order valence-corrected chi connectivity index (χ2v) is 6.92. The first-order valence-corrected chi connectivity index (χ1v) is 9.48. The lowest BCUT2D eigenvalue weighted by Gasteiger charge is -2.14. The fraction of sp³-hybridized carbons (Fsp3) is 0.750. The van der Waals surface area contributed by atoms with Crippen molar-refractivity contribution in [3.63, 3.8) is 0 Å². The Hall–Kier alpha value is -0.610. The average molecular weight is 465 g/mol. The zero-order chi connectivity index (χ0) is 15.9. The summed E-state index contributed by atoms with van der Waals surface area (Å²) in [6.45, 7) is 4.88. The number of aliphatic imine (C=N–C) groups is 1. The predicted octanol–water partition coefficient (Wildman–Crippen LogP) is 2.25.